The molecule has 2 rings (SSSR count). The maximum absolute atomic E-state index is 5.78. The highest BCUT2D eigenvalue weighted by molar-refractivity contribution is 6.30. The van der Waals surface area contributed by atoms with Gasteiger partial charge in [0.1, 0.15) is 5.75 Å². The molecule has 2 N–H and O–H groups in total. The number of methoxy groups -OCH3 is 1. The van der Waals surface area contributed by atoms with Crippen LogP contribution >= 0.6 is 11.6 Å². The van der Waals surface area contributed by atoms with Crippen LogP contribution in [0, 0.1) is 0 Å². The quantitative estimate of drug-likeness (QED) is 0.909. The molecule has 0 radical (unpaired) electrons. The summed E-state index contributed by atoms with van der Waals surface area (Å²) in [6, 6.07) is 10.3. The second-order valence-corrected chi connectivity index (χ2v) is 3.74. The van der Waals surface area contributed by atoms with Crippen molar-refractivity contribution in [1.29, 1.82) is 0 Å². The minimum Gasteiger partial charge on any atom is -0.479 e. The number of rotatable bonds is 3. The lowest BCUT2D eigenvalue weighted by Gasteiger charge is -2.07. The third-order valence-corrected chi connectivity index (χ3v) is 2.35. The van der Waals surface area contributed by atoms with Gasteiger partial charge in [-0.2, -0.15) is 4.98 Å². The lowest BCUT2D eigenvalue weighted by molar-refractivity contribution is 0.385. The van der Waals surface area contributed by atoms with Crippen LogP contribution in [0.15, 0.2) is 36.4 Å². The Morgan fingerprint density at radius 1 is 1.12 bits per heavy atom. The largest absolute Gasteiger partial charge is 0.479 e. The van der Waals surface area contributed by atoms with Gasteiger partial charge in [-0.1, -0.05) is 11.6 Å². The van der Waals surface area contributed by atoms with Gasteiger partial charge in [-0.15, -0.1) is 0 Å². The van der Waals surface area contributed by atoms with E-state index in [1.54, 1.807) is 36.4 Å². The molecule has 1 aromatic heterocycles. The Bertz CT molecular complexity index is 514. The van der Waals surface area contributed by atoms with E-state index in [0.29, 0.717) is 28.2 Å². The van der Waals surface area contributed by atoms with Gasteiger partial charge in [0, 0.05) is 11.1 Å². The molecule has 0 saturated carbocycles. The van der Waals surface area contributed by atoms with E-state index in [9.17, 15) is 0 Å². The molecule has 1 aromatic carbocycles. The number of nitrogens with two attached hydrogens (primary N) is 1. The van der Waals surface area contributed by atoms with Gasteiger partial charge in [0.15, 0.2) is 0 Å². The standard InChI is InChI=1S/C12H11ClN2O2/c1-16-12-10(14)6-7-11(15-12)17-9-4-2-8(13)3-5-9/h2-7H,14H2,1H3. The zero-order chi connectivity index (χ0) is 12.3. The lowest BCUT2D eigenvalue weighted by atomic mass is 10.3. The molecular formula is C12H11ClN2O2. The van der Waals surface area contributed by atoms with Crippen LogP contribution in [-0.4, -0.2) is 12.1 Å². The zero-order valence-electron chi connectivity index (χ0n) is 9.18. The van der Waals surface area contributed by atoms with Crippen LogP contribution in [0.5, 0.6) is 17.5 Å². The Hall–Kier alpha value is -1.94. The number of nitrogens with zero attached hydrogens (tertiary/aromatic N) is 1. The Labute approximate surface area is 104 Å². The first kappa shape index (κ1) is 11.5. The van der Waals surface area contributed by atoms with Crippen molar-refractivity contribution in [2.75, 3.05) is 12.8 Å². The number of hydrogen-bond donors (Lipinski definition) is 1. The topological polar surface area (TPSA) is 57.4 Å². The minimum atomic E-state index is 0.344. The molecule has 17 heavy (non-hydrogen) atoms. The van der Waals surface area contributed by atoms with Gasteiger partial charge in [-0.05, 0) is 30.3 Å². The number of ether oxygens (including phenoxy) is 2. The number of benzene rings is 1. The van der Waals surface area contributed by atoms with E-state index in [4.69, 9.17) is 26.8 Å². The van der Waals surface area contributed by atoms with E-state index >= 15 is 0 Å². The Balaban J connectivity index is 2.21. The van der Waals surface area contributed by atoms with Crippen molar-refractivity contribution in [3.05, 3.63) is 41.4 Å². The van der Waals surface area contributed by atoms with Gasteiger partial charge in [0.05, 0.1) is 12.8 Å². The second kappa shape index (κ2) is 4.93. The molecule has 0 fully saturated rings. The number of aromatic nitrogens is 1. The Morgan fingerprint density at radius 3 is 2.47 bits per heavy atom. The minimum absolute atomic E-state index is 0.344. The summed E-state index contributed by atoms with van der Waals surface area (Å²) in [5.41, 5.74) is 6.12. The maximum Gasteiger partial charge on any atom is 0.240 e. The SMILES string of the molecule is COc1nc(Oc2ccc(Cl)cc2)ccc1N. The molecule has 88 valence electrons. The summed E-state index contributed by atoms with van der Waals surface area (Å²) < 4.78 is 10.5. The first-order valence-electron chi connectivity index (χ1n) is 4.93. The molecule has 0 aliphatic heterocycles. The second-order valence-electron chi connectivity index (χ2n) is 3.30. The van der Waals surface area contributed by atoms with Crippen molar-refractivity contribution in [3.8, 4) is 17.5 Å². The molecule has 0 saturated heterocycles. The van der Waals surface area contributed by atoms with E-state index in [2.05, 4.69) is 4.98 Å². The van der Waals surface area contributed by atoms with Crippen molar-refractivity contribution in [2.24, 2.45) is 0 Å². The highest BCUT2D eigenvalue weighted by Crippen LogP contribution is 2.26. The lowest BCUT2D eigenvalue weighted by Crippen LogP contribution is -1.96. The molecule has 0 bridgehead atoms. The zero-order valence-corrected chi connectivity index (χ0v) is 9.94. The van der Waals surface area contributed by atoms with Crippen molar-refractivity contribution < 1.29 is 9.47 Å². The van der Waals surface area contributed by atoms with Crippen molar-refractivity contribution in [3.63, 3.8) is 0 Å². The van der Waals surface area contributed by atoms with Crippen LogP contribution in [0.25, 0.3) is 0 Å². The maximum atomic E-state index is 5.78. The summed E-state index contributed by atoms with van der Waals surface area (Å²) in [5.74, 6) is 1.41. The Morgan fingerprint density at radius 2 is 1.82 bits per heavy atom. The highest BCUT2D eigenvalue weighted by Gasteiger charge is 2.04. The average Bonchev–Trinajstić information content (AvgIpc) is 2.34. The van der Waals surface area contributed by atoms with Crippen LogP contribution in [-0.2, 0) is 0 Å². The summed E-state index contributed by atoms with van der Waals surface area (Å²) in [7, 11) is 1.50. The Kier molecular flexibility index (Phi) is 3.35. The van der Waals surface area contributed by atoms with Crippen molar-refractivity contribution in [2.45, 2.75) is 0 Å². The first-order chi connectivity index (χ1) is 8.19. The van der Waals surface area contributed by atoms with Gasteiger partial charge >= 0.3 is 0 Å². The molecule has 1 heterocycles. The molecule has 0 aliphatic carbocycles. The summed E-state index contributed by atoms with van der Waals surface area (Å²) in [6.45, 7) is 0. The predicted octanol–water partition coefficient (Wildman–Crippen LogP) is 3.12. The smallest absolute Gasteiger partial charge is 0.240 e. The van der Waals surface area contributed by atoms with E-state index in [0.717, 1.165) is 0 Å². The fourth-order valence-corrected chi connectivity index (χ4v) is 1.40. The number of nitrogen functional groups attached to an aromatic ring is 1. The van der Waals surface area contributed by atoms with Crippen LogP contribution < -0.4 is 15.2 Å². The molecule has 0 amide bonds. The van der Waals surface area contributed by atoms with Crippen LogP contribution in [0.1, 0.15) is 0 Å². The molecule has 2 aromatic rings. The monoisotopic (exact) mass is 250 g/mol. The summed E-state index contributed by atoms with van der Waals surface area (Å²) >= 11 is 5.78. The van der Waals surface area contributed by atoms with E-state index in [-0.39, 0.29) is 0 Å². The first-order valence-corrected chi connectivity index (χ1v) is 5.31. The number of anilines is 1. The van der Waals surface area contributed by atoms with Gasteiger partial charge in [-0.3, -0.25) is 0 Å². The van der Waals surface area contributed by atoms with Crippen LogP contribution in [0.4, 0.5) is 5.69 Å². The normalized spacial score (nSPS) is 10.0. The molecule has 0 aliphatic rings. The summed E-state index contributed by atoms with van der Waals surface area (Å²) in [4.78, 5) is 4.11. The number of halogens is 1. The molecule has 0 atom stereocenters. The van der Waals surface area contributed by atoms with Crippen molar-refractivity contribution in [1.82, 2.24) is 4.98 Å². The number of hydrogen-bond acceptors (Lipinski definition) is 4. The third kappa shape index (κ3) is 2.79. The molecule has 4 nitrogen and oxygen atoms in total. The fourth-order valence-electron chi connectivity index (χ4n) is 1.28. The predicted molar refractivity (Wildman–Crippen MR) is 66.7 cm³/mol. The van der Waals surface area contributed by atoms with Crippen LogP contribution in [0.2, 0.25) is 5.02 Å². The van der Waals surface area contributed by atoms with E-state index in [1.165, 1.54) is 7.11 Å². The fraction of sp³-hybridized carbons (Fsp3) is 0.0833. The van der Waals surface area contributed by atoms with E-state index < -0.39 is 0 Å². The molecular weight excluding hydrogens is 240 g/mol. The number of pyridine rings is 1. The molecule has 5 heteroatoms. The molecule has 0 unspecified atom stereocenters. The highest BCUT2D eigenvalue weighted by atomic mass is 35.5. The molecule has 0 spiro atoms. The van der Waals surface area contributed by atoms with Gasteiger partial charge in [0.2, 0.25) is 11.8 Å². The van der Waals surface area contributed by atoms with Crippen molar-refractivity contribution >= 4 is 17.3 Å². The van der Waals surface area contributed by atoms with E-state index in [1.807, 2.05) is 0 Å². The van der Waals surface area contributed by atoms with Crippen LogP contribution in [0.3, 0.4) is 0 Å². The third-order valence-electron chi connectivity index (χ3n) is 2.09. The summed E-state index contributed by atoms with van der Waals surface area (Å²) in [6.07, 6.45) is 0. The van der Waals surface area contributed by atoms with Gasteiger partial charge in [0.25, 0.3) is 0 Å². The van der Waals surface area contributed by atoms with Gasteiger partial charge < -0.3 is 15.2 Å². The summed E-state index contributed by atoms with van der Waals surface area (Å²) in [5, 5.41) is 0.653. The average molecular weight is 251 g/mol. The van der Waals surface area contributed by atoms with Gasteiger partial charge in [-0.25, -0.2) is 0 Å².